The number of benzene rings is 4. The second-order valence-corrected chi connectivity index (χ2v) is 10.5. The lowest BCUT2D eigenvalue weighted by molar-refractivity contribution is 0.320. The van der Waals surface area contributed by atoms with Crippen LogP contribution in [0.5, 0.6) is 0 Å². The maximum absolute atomic E-state index is 10.0. The van der Waals surface area contributed by atoms with Crippen LogP contribution in [-0.2, 0) is 0 Å². The zero-order valence-electron chi connectivity index (χ0n) is 22.9. The molecule has 3 heterocycles. The third-order valence-electron chi connectivity index (χ3n) is 7.96. The number of allylic oxidation sites excluding steroid dienone is 1. The van der Waals surface area contributed by atoms with Gasteiger partial charge in [0.25, 0.3) is 0 Å². The quantitative estimate of drug-likeness (QED) is 0.130. The molecule has 0 radical (unpaired) electrons. The van der Waals surface area contributed by atoms with Crippen molar-refractivity contribution in [1.82, 2.24) is 15.0 Å². The molecule has 6 heteroatoms. The van der Waals surface area contributed by atoms with Crippen molar-refractivity contribution in [2.75, 3.05) is 0 Å². The van der Waals surface area contributed by atoms with Crippen molar-refractivity contribution >= 4 is 50.2 Å². The molecule has 2 N–H and O–H groups in total. The van der Waals surface area contributed by atoms with Crippen LogP contribution in [0.3, 0.4) is 0 Å². The Morgan fingerprint density at radius 3 is 1.84 bits per heavy atom. The SMILES string of the molecule is N=C1C=Cc2c(-c3ccccc3)nc3ccc(-c4ccc5ccc6ccc(-c7ccccc7)nc6c5n4)cc3c2/C1=N/O. The fourth-order valence-electron chi connectivity index (χ4n) is 5.85. The Kier molecular flexibility index (Phi) is 5.65. The minimum atomic E-state index is 0.141. The van der Waals surface area contributed by atoms with Gasteiger partial charge in [-0.15, -0.1) is 0 Å². The van der Waals surface area contributed by atoms with Crippen LogP contribution in [-0.4, -0.2) is 31.6 Å². The van der Waals surface area contributed by atoms with Gasteiger partial charge in [0.15, 0.2) is 0 Å². The van der Waals surface area contributed by atoms with Gasteiger partial charge in [-0.1, -0.05) is 96.2 Å². The Morgan fingerprint density at radius 2 is 1.19 bits per heavy atom. The summed E-state index contributed by atoms with van der Waals surface area (Å²) < 4.78 is 0. The first-order valence-corrected chi connectivity index (χ1v) is 14.0. The van der Waals surface area contributed by atoms with Crippen LogP contribution in [0.2, 0.25) is 0 Å². The molecule has 202 valence electrons. The van der Waals surface area contributed by atoms with E-state index < -0.39 is 0 Å². The highest BCUT2D eigenvalue weighted by Crippen LogP contribution is 2.36. The number of hydrogen-bond acceptors (Lipinski definition) is 6. The molecule has 0 aliphatic heterocycles. The molecule has 0 amide bonds. The molecule has 4 aromatic carbocycles. The summed E-state index contributed by atoms with van der Waals surface area (Å²) in [7, 11) is 0. The lowest BCUT2D eigenvalue weighted by atomic mass is 9.87. The van der Waals surface area contributed by atoms with Crippen molar-refractivity contribution < 1.29 is 5.21 Å². The molecule has 0 fully saturated rings. The molecule has 1 aliphatic carbocycles. The van der Waals surface area contributed by atoms with Crippen LogP contribution in [0.4, 0.5) is 0 Å². The lowest BCUT2D eigenvalue weighted by Crippen LogP contribution is -2.19. The van der Waals surface area contributed by atoms with Gasteiger partial charge in [-0.05, 0) is 36.4 Å². The van der Waals surface area contributed by atoms with E-state index in [1.807, 2.05) is 84.9 Å². The van der Waals surface area contributed by atoms with Crippen molar-refractivity contribution in [1.29, 1.82) is 5.41 Å². The molecule has 8 rings (SSSR count). The summed E-state index contributed by atoms with van der Waals surface area (Å²) in [6.07, 6.45) is 3.53. The number of nitrogens with zero attached hydrogens (tertiary/aromatic N) is 4. The van der Waals surface area contributed by atoms with Gasteiger partial charge in [0.05, 0.1) is 39.3 Å². The molecular formula is C37H23N5O. The van der Waals surface area contributed by atoms with Crippen LogP contribution in [0.1, 0.15) is 11.1 Å². The highest BCUT2D eigenvalue weighted by molar-refractivity contribution is 6.55. The lowest BCUT2D eigenvalue weighted by Gasteiger charge is -2.19. The molecule has 7 aromatic rings. The minimum Gasteiger partial charge on any atom is -0.410 e. The highest BCUT2D eigenvalue weighted by Gasteiger charge is 2.25. The number of nitrogens with one attached hydrogen (secondary N) is 1. The standard InChI is InChI=1S/C37H23N5O/c38-29-17-16-27-33(37(29)42-43)28-21-26(15-20-32(28)41-34(27)23-9-5-2-6-10-23)31-19-14-25-12-11-24-13-18-30(22-7-3-1-4-8-22)39-35(24)36(25)40-31/h1-21,38,43H/b38-29?,42-37+. The minimum absolute atomic E-state index is 0.141. The third-order valence-corrected chi connectivity index (χ3v) is 7.96. The summed E-state index contributed by atoms with van der Waals surface area (Å²) >= 11 is 0. The zero-order valence-corrected chi connectivity index (χ0v) is 22.9. The third kappa shape index (κ3) is 4.08. The average Bonchev–Trinajstić information content (AvgIpc) is 3.08. The van der Waals surface area contributed by atoms with Crippen LogP contribution >= 0.6 is 0 Å². The molecule has 0 unspecified atom stereocenters. The second-order valence-electron chi connectivity index (χ2n) is 10.5. The molecule has 0 bridgehead atoms. The van der Waals surface area contributed by atoms with Crippen molar-refractivity contribution in [2.24, 2.45) is 5.16 Å². The van der Waals surface area contributed by atoms with E-state index in [1.54, 1.807) is 6.08 Å². The van der Waals surface area contributed by atoms with Gasteiger partial charge in [-0.2, -0.15) is 0 Å². The van der Waals surface area contributed by atoms with Gasteiger partial charge >= 0.3 is 0 Å². The number of pyridine rings is 3. The van der Waals surface area contributed by atoms with Gasteiger partial charge in [-0.25, -0.2) is 15.0 Å². The molecule has 1 aliphatic rings. The van der Waals surface area contributed by atoms with Crippen molar-refractivity contribution in [2.45, 2.75) is 0 Å². The summed E-state index contributed by atoms with van der Waals surface area (Å²) in [4.78, 5) is 15.2. The van der Waals surface area contributed by atoms with E-state index in [0.29, 0.717) is 5.56 Å². The van der Waals surface area contributed by atoms with E-state index in [4.69, 9.17) is 20.4 Å². The normalized spacial score (nSPS) is 13.7. The smallest absolute Gasteiger partial charge is 0.136 e. The molecular weight excluding hydrogens is 530 g/mol. The maximum atomic E-state index is 10.0. The van der Waals surface area contributed by atoms with Crippen molar-refractivity contribution in [3.8, 4) is 33.8 Å². The predicted octanol–water partition coefficient (Wildman–Crippen LogP) is 8.56. The fraction of sp³-hybridized carbons (Fsp3) is 0. The van der Waals surface area contributed by atoms with E-state index in [-0.39, 0.29) is 11.4 Å². The Morgan fingerprint density at radius 1 is 0.581 bits per heavy atom. The number of oxime groups is 1. The molecule has 0 saturated carbocycles. The van der Waals surface area contributed by atoms with E-state index >= 15 is 0 Å². The summed E-state index contributed by atoms with van der Waals surface area (Å²) in [6.45, 7) is 0. The topological polar surface area (TPSA) is 95.1 Å². The van der Waals surface area contributed by atoms with Gasteiger partial charge < -0.3 is 5.21 Å². The summed E-state index contributed by atoms with van der Waals surface area (Å²) in [5.41, 5.74) is 9.63. The summed E-state index contributed by atoms with van der Waals surface area (Å²) in [5.74, 6) is 0. The molecule has 6 nitrogen and oxygen atoms in total. The van der Waals surface area contributed by atoms with E-state index in [1.165, 1.54) is 0 Å². The Balaban J connectivity index is 1.34. The van der Waals surface area contributed by atoms with Gasteiger partial charge in [0.2, 0.25) is 0 Å². The van der Waals surface area contributed by atoms with Gasteiger partial charge in [-0.3, -0.25) is 5.41 Å². The van der Waals surface area contributed by atoms with Crippen molar-refractivity contribution in [3.05, 3.63) is 132 Å². The summed E-state index contributed by atoms with van der Waals surface area (Å²) in [5, 5.41) is 24.9. The highest BCUT2D eigenvalue weighted by atomic mass is 16.4. The number of hydrogen-bond donors (Lipinski definition) is 2. The largest absolute Gasteiger partial charge is 0.410 e. The predicted molar refractivity (Wildman–Crippen MR) is 174 cm³/mol. The Labute approximate surface area is 246 Å². The molecule has 0 saturated heterocycles. The molecule has 0 spiro atoms. The first kappa shape index (κ1) is 24.8. The maximum Gasteiger partial charge on any atom is 0.136 e. The first-order valence-electron chi connectivity index (χ1n) is 14.0. The fourth-order valence-corrected chi connectivity index (χ4v) is 5.85. The van der Waals surface area contributed by atoms with Crippen LogP contribution < -0.4 is 0 Å². The monoisotopic (exact) mass is 553 g/mol. The van der Waals surface area contributed by atoms with E-state index in [9.17, 15) is 5.21 Å². The molecule has 3 aromatic heterocycles. The zero-order chi connectivity index (χ0) is 28.9. The van der Waals surface area contributed by atoms with Crippen LogP contribution in [0, 0.1) is 5.41 Å². The number of aromatic nitrogens is 3. The van der Waals surface area contributed by atoms with E-state index in [0.717, 1.165) is 72.0 Å². The van der Waals surface area contributed by atoms with Crippen LogP contribution in [0.15, 0.2) is 126 Å². The van der Waals surface area contributed by atoms with Gasteiger partial charge in [0, 0.05) is 44.0 Å². The molecule has 43 heavy (non-hydrogen) atoms. The van der Waals surface area contributed by atoms with Gasteiger partial charge in [0.1, 0.15) is 5.71 Å². The Bertz CT molecular complexity index is 2310. The number of rotatable bonds is 3. The van der Waals surface area contributed by atoms with Crippen molar-refractivity contribution in [3.63, 3.8) is 0 Å². The van der Waals surface area contributed by atoms with Crippen LogP contribution in [0.25, 0.3) is 72.6 Å². The molecule has 0 atom stereocenters. The van der Waals surface area contributed by atoms with E-state index in [2.05, 4.69) is 41.6 Å². The Hall–Kier alpha value is -6.01. The summed E-state index contributed by atoms with van der Waals surface area (Å²) in [6, 6.07) is 38.5. The second kappa shape index (κ2) is 9.82. The first-order chi connectivity index (χ1) is 21.2. The average molecular weight is 554 g/mol. The number of fused-ring (bicyclic) bond motifs is 6.